The van der Waals surface area contributed by atoms with Gasteiger partial charge in [-0.2, -0.15) is 0 Å². The molecule has 1 aliphatic heterocycles. The van der Waals surface area contributed by atoms with Crippen molar-refractivity contribution >= 4 is 11.9 Å². The zero-order chi connectivity index (χ0) is 8.43. The van der Waals surface area contributed by atoms with Crippen LogP contribution in [0.4, 0.5) is 0 Å². The van der Waals surface area contributed by atoms with Crippen LogP contribution in [0, 0.1) is 5.92 Å². The molecule has 0 aromatic heterocycles. The van der Waals surface area contributed by atoms with Gasteiger partial charge in [0.25, 0.3) is 0 Å². The second-order valence-electron chi connectivity index (χ2n) is 2.84. The van der Waals surface area contributed by atoms with E-state index in [2.05, 4.69) is 0 Å². The Morgan fingerprint density at radius 3 is 2.82 bits per heavy atom. The maximum absolute atomic E-state index is 11.1. The molecule has 0 aromatic rings. The highest BCUT2D eigenvalue weighted by molar-refractivity contribution is 5.84. The maximum atomic E-state index is 11.1. The monoisotopic (exact) mass is 157 g/mol. The minimum absolute atomic E-state index is 0.00866. The molecule has 62 valence electrons. The lowest BCUT2D eigenvalue weighted by Gasteiger charge is -2.11. The lowest BCUT2D eigenvalue weighted by molar-refractivity contribution is -0.143. The molecule has 1 fully saturated rings. The number of amides is 1. The van der Waals surface area contributed by atoms with Crippen molar-refractivity contribution in [1.82, 2.24) is 4.90 Å². The topological polar surface area (TPSA) is 57.6 Å². The number of carboxylic acids is 1. The van der Waals surface area contributed by atoms with Crippen LogP contribution in [0.15, 0.2) is 0 Å². The summed E-state index contributed by atoms with van der Waals surface area (Å²) in [6.45, 7) is 2.26. The summed E-state index contributed by atoms with van der Waals surface area (Å²) in [5.74, 6) is -0.964. The van der Waals surface area contributed by atoms with E-state index in [4.69, 9.17) is 5.11 Å². The molecule has 0 bridgehead atoms. The molecule has 0 spiro atoms. The normalized spacial score (nSPS) is 24.3. The smallest absolute Gasteiger partial charge is 0.323 e. The Morgan fingerprint density at radius 1 is 1.82 bits per heavy atom. The van der Waals surface area contributed by atoms with Gasteiger partial charge >= 0.3 is 5.97 Å². The van der Waals surface area contributed by atoms with Crippen LogP contribution in [0.25, 0.3) is 0 Å². The predicted octanol–water partition coefficient (Wildman–Crippen LogP) is -0.0606. The lowest BCUT2D eigenvalue weighted by Crippen LogP contribution is -2.31. The van der Waals surface area contributed by atoms with Crippen LogP contribution in [0.5, 0.6) is 0 Å². The third kappa shape index (κ3) is 1.69. The molecule has 1 atom stereocenters. The summed E-state index contributed by atoms with van der Waals surface area (Å²) in [5, 5.41) is 8.38. The van der Waals surface area contributed by atoms with Crippen molar-refractivity contribution in [2.45, 2.75) is 13.3 Å². The van der Waals surface area contributed by atoms with E-state index in [1.807, 2.05) is 6.92 Å². The predicted molar refractivity (Wildman–Crippen MR) is 38.0 cm³/mol. The molecule has 4 heteroatoms. The number of likely N-dealkylation sites (tertiary alicyclic amines) is 1. The Morgan fingerprint density at radius 2 is 2.45 bits per heavy atom. The zero-order valence-corrected chi connectivity index (χ0v) is 6.41. The SMILES string of the molecule is C[C@H]1CCN(CC(=O)O)C1=O. The first-order valence-corrected chi connectivity index (χ1v) is 3.62. The van der Waals surface area contributed by atoms with Gasteiger partial charge in [0.1, 0.15) is 6.54 Å². The van der Waals surface area contributed by atoms with E-state index < -0.39 is 5.97 Å². The average molecular weight is 157 g/mol. The number of carboxylic acid groups (broad SMARTS) is 1. The van der Waals surface area contributed by atoms with E-state index in [1.165, 1.54) is 4.90 Å². The molecule has 4 nitrogen and oxygen atoms in total. The third-order valence-corrected chi connectivity index (χ3v) is 1.89. The highest BCUT2D eigenvalue weighted by Gasteiger charge is 2.28. The molecule has 1 saturated heterocycles. The van der Waals surface area contributed by atoms with Gasteiger partial charge in [0.15, 0.2) is 0 Å². The molecule has 1 N–H and O–H groups in total. The lowest BCUT2D eigenvalue weighted by atomic mass is 10.1. The van der Waals surface area contributed by atoms with Crippen molar-refractivity contribution in [2.75, 3.05) is 13.1 Å². The molecule has 1 amide bonds. The molecule has 0 saturated carbocycles. The minimum atomic E-state index is -0.938. The van der Waals surface area contributed by atoms with E-state index in [-0.39, 0.29) is 18.4 Å². The van der Waals surface area contributed by atoms with Gasteiger partial charge in [0, 0.05) is 12.5 Å². The second-order valence-corrected chi connectivity index (χ2v) is 2.84. The van der Waals surface area contributed by atoms with Crippen molar-refractivity contribution in [3.63, 3.8) is 0 Å². The number of hydrogen-bond donors (Lipinski definition) is 1. The average Bonchev–Trinajstić information content (AvgIpc) is 2.18. The van der Waals surface area contributed by atoms with E-state index >= 15 is 0 Å². The van der Waals surface area contributed by atoms with Gasteiger partial charge in [-0.1, -0.05) is 6.92 Å². The van der Waals surface area contributed by atoms with Gasteiger partial charge in [-0.15, -0.1) is 0 Å². The van der Waals surface area contributed by atoms with E-state index in [0.717, 1.165) is 6.42 Å². The molecule has 1 aliphatic rings. The molecule has 0 unspecified atom stereocenters. The first kappa shape index (κ1) is 8.04. The first-order valence-electron chi connectivity index (χ1n) is 3.62. The Hall–Kier alpha value is -1.06. The highest BCUT2D eigenvalue weighted by atomic mass is 16.4. The van der Waals surface area contributed by atoms with Crippen LogP contribution in [-0.4, -0.2) is 35.0 Å². The summed E-state index contributed by atoms with van der Waals surface area (Å²) in [5.41, 5.74) is 0. The summed E-state index contributed by atoms with van der Waals surface area (Å²) in [6, 6.07) is 0. The van der Waals surface area contributed by atoms with Gasteiger partial charge in [-0.05, 0) is 6.42 Å². The van der Waals surface area contributed by atoms with Crippen LogP contribution in [0.3, 0.4) is 0 Å². The first-order chi connectivity index (χ1) is 5.11. The maximum Gasteiger partial charge on any atom is 0.323 e. The van der Waals surface area contributed by atoms with Crippen LogP contribution in [0.2, 0.25) is 0 Å². The van der Waals surface area contributed by atoms with Gasteiger partial charge in [0.2, 0.25) is 5.91 Å². The van der Waals surface area contributed by atoms with Crippen molar-refractivity contribution in [3.8, 4) is 0 Å². The Kier molecular flexibility index (Phi) is 2.12. The molecular formula is C7H11NO3. The summed E-state index contributed by atoms with van der Waals surface area (Å²) < 4.78 is 0. The molecule has 1 rings (SSSR count). The Balaban J connectivity index is 2.49. The summed E-state index contributed by atoms with van der Waals surface area (Å²) >= 11 is 0. The minimum Gasteiger partial charge on any atom is -0.480 e. The summed E-state index contributed by atoms with van der Waals surface area (Å²) in [6.07, 6.45) is 0.784. The van der Waals surface area contributed by atoms with Gasteiger partial charge in [-0.3, -0.25) is 9.59 Å². The highest BCUT2D eigenvalue weighted by Crippen LogP contribution is 2.15. The van der Waals surface area contributed by atoms with E-state index in [1.54, 1.807) is 0 Å². The molecule has 0 aromatic carbocycles. The fraction of sp³-hybridized carbons (Fsp3) is 0.714. The third-order valence-electron chi connectivity index (χ3n) is 1.89. The van der Waals surface area contributed by atoms with Crippen LogP contribution in [-0.2, 0) is 9.59 Å². The largest absolute Gasteiger partial charge is 0.480 e. The Bertz CT molecular complexity index is 190. The number of rotatable bonds is 2. The summed E-state index contributed by atoms with van der Waals surface area (Å²) in [4.78, 5) is 22.7. The Labute approximate surface area is 64.8 Å². The van der Waals surface area contributed by atoms with E-state index in [0.29, 0.717) is 6.54 Å². The second kappa shape index (κ2) is 2.90. The van der Waals surface area contributed by atoms with Gasteiger partial charge in [-0.25, -0.2) is 0 Å². The van der Waals surface area contributed by atoms with Crippen molar-refractivity contribution in [3.05, 3.63) is 0 Å². The standard InChI is InChI=1S/C7H11NO3/c1-5-2-3-8(7(5)11)4-6(9)10/h5H,2-4H2,1H3,(H,9,10)/t5-/m0/s1. The van der Waals surface area contributed by atoms with Crippen molar-refractivity contribution in [2.24, 2.45) is 5.92 Å². The molecular weight excluding hydrogens is 146 g/mol. The number of aliphatic carboxylic acids is 1. The summed E-state index contributed by atoms with van der Waals surface area (Å²) in [7, 11) is 0. The number of carbonyl (C=O) groups is 2. The molecule has 0 aliphatic carbocycles. The van der Waals surface area contributed by atoms with Crippen molar-refractivity contribution in [1.29, 1.82) is 0 Å². The van der Waals surface area contributed by atoms with Gasteiger partial charge < -0.3 is 10.0 Å². The van der Waals surface area contributed by atoms with Crippen molar-refractivity contribution < 1.29 is 14.7 Å². The van der Waals surface area contributed by atoms with Crippen LogP contribution >= 0.6 is 0 Å². The quantitative estimate of drug-likeness (QED) is 0.610. The zero-order valence-electron chi connectivity index (χ0n) is 6.41. The fourth-order valence-electron chi connectivity index (χ4n) is 1.22. The number of nitrogens with zero attached hydrogens (tertiary/aromatic N) is 1. The number of carbonyl (C=O) groups excluding carboxylic acids is 1. The molecule has 1 heterocycles. The van der Waals surface area contributed by atoms with Gasteiger partial charge in [0.05, 0.1) is 0 Å². The number of hydrogen-bond acceptors (Lipinski definition) is 2. The molecule has 11 heavy (non-hydrogen) atoms. The van der Waals surface area contributed by atoms with Crippen LogP contribution < -0.4 is 0 Å². The fourth-order valence-corrected chi connectivity index (χ4v) is 1.22. The molecule has 0 radical (unpaired) electrons. The van der Waals surface area contributed by atoms with Crippen LogP contribution in [0.1, 0.15) is 13.3 Å². The van der Waals surface area contributed by atoms with E-state index in [9.17, 15) is 9.59 Å².